The Morgan fingerprint density at radius 1 is 0.879 bits per heavy atom. The first-order valence-corrected chi connectivity index (χ1v) is 12.9. The van der Waals surface area contributed by atoms with Gasteiger partial charge in [0, 0.05) is 27.3 Å². The van der Waals surface area contributed by atoms with Gasteiger partial charge in [0.2, 0.25) is 0 Å². The molecule has 5 nitrogen and oxygen atoms in total. The van der Waals surface area contributed by atoms with Gasteiger partial charge in [-0.1, -0.05) is 60.5 Å². The lowest BCUT2D eigenvalue weighted by molar-refractivity contribution is 0.338. The lowest BCUT2D eigenvalue weighted by Crippen LogP contribution is -2.41. The van der Waals surface area contributed by atoms with E-state index >= 15 is 0 Å². The molecule has 0 bridgehead atoms. The van der Waals surface area contributed by atoms with Crippen molar-refractivity contribution in [2.45, 2.75) is 31.6 Å². The molecule has 7 heteroatoms. The summed E-state index contributed by atoms with van der Waals surface area (Å²) in [7, 11) is -3.59. The van der Waals surface area contributed by atoms with E-state index in [-0.39, 0.29) is 11.2 Å². The topological polar surface area (TPSA) is 68.1 Å². The van der Waals surface area contributed by atoms with Crippen LogP contribution in [-0.4, -0.2) is 26.1 Å². The molecular weight excluding hydrogens is 456 g/mol. The predicted molar refractivity (Wildman–Crippen MR) is 134 cm³/mol. The third-order valence-corrected chi connectivity index (χ3v) is 6.77. The molecule has 0 atom stereocenters. The van der Waals surface area contributed by atoms with Gasteiger partial charge in [0.05, 0.1) is 6.26 Å². The van der Waals surface area contributed by atoms with Gasteiger partial charge in [0.25, 0.3) is 0 Å². The van der Waals surface area contributed by atoms with Crippen LogP contribution in [0.1, 0.15) is 42.9 Å². The highest BCUT2D eigenvalue weighted by Crippen LogP contribution is 2.45. The van der Waals surface area contributed by atoms with Crippen molar-refractivity contribution in [2.75, 3.05) is 6.26 Å². The molecule has 1 aliphatic rings. The first-order valence-electron chi connectivity index (χ1n) is 10.7. The van der Waals surface area contributed by atoms with E-state index < -0.39 is 10.1 Å². The Bertz CT molecular complexity index is 1280. The second-order valence-corrected chi connectivity index (χ2v) is 10.3. The molecule has 0 saturated heterocycles. The van der Waals surface area contributed by atoms with Crippen molar-refractivity contribution in [3.63, 3.8) is 0 Å². The Kier molecular flexibility index (Phi) is 6.68. The van der Waals surface area contributed by atoms with Crippen molar-refractivity contribution in [1.29, 1.82) is 0 Å². The zero-order valence-electron chi connectivity index (χ0n) is 18.5. The molecule has 0 radical (unpaired) electrons. The summed E-state index contributed by atoms with van der Waals surface area (Å²) in [6.07, 6.45) is 4.28. The second kappa shape index (κ2) is 9.49. The fourth-order valence-electron chi connectivity index (χ4n) is 4.10. The van der Waals surface area contributed by atoms with E-state index in [2.05, 4.69) is 29.4 Å². The Hall–Kier alpha value is -2.96. The average molecular weight is 481 g/mol. The molecule has 1 aliphatic carbocycles. The number of hydrogen-bond donors (Lipinski definition) is 0. The van der Waals surface area contributed by atoms with Crippen LogP contribution >= 0.6 is 11.6 Å². The van der Waals surface area contributed by atoms with Gasteiger partial charge < -0.3 is 4.18 Å². The molecule has 1 saturated carbocycles. The first-order chi connectivity index (χ1) is 15.8. The van der Waals surface area contributed by atoms with E-state index in [1.54, 1.807) is 24.3 Å². The number of benzene rings is 3. The van der Waals surface area contributed by atoms with Crippen LogP contribution in [0.2, 0.25) is 5.02 Å². The van der Waals surface area contributed by atoms with Crippen LogP contribution in [0.15, 0.2) is 89.1 Å². The summed E-state index contributed by atoms with van der Waals surface area (Å²) in [5.41, 5.74) is 4.47. The van der Waals surface area contributed by atoms with Crippen molar-refractivity contribution in [3.05, 3.63) is 101 Å². The van der Waals surface area contributed by atoms with Crippen LogP contribution in [0.3, 0.4) is 0 Å². The maximum Gasteiger partial charge on any atom is 0.306 e. The van der Waals surface area contributed by atoms with Crippen LogP contribution in [0.5, 0.6) is 5.75 Å². The van der Waals surface area contributed by atoms with Crippen molar-refractivity contribution in [3.8, 4) is 5.75 Å². The summed E-state index contributed by atoms with van der Waals surface area (Å²) in [6, 6.07) is 24.6. The maximum absolute atomic E-state index is 11.4. The summed E-state index contributed by atoms with van der Waals surface area (Å²) in [4.78, 5) is 0. The average Bonchev–Trinajstić information content (AvgIpc) is 2.75. The van der Waals surface area contributed by atoms with E-state index in [1.165, 1.54) is 5.56 Å². The Balaban J connectivity index is 1.73. The van der Waals surface area contributed by atoms with E-state index in [0.29, 0.717) is 10.7 Å². The Morgan fingerprint density at radius 2 is 1.45 bits per heavy atom. The third-order valence-electron chi connectivity index (χ3n) is 6.02. The van der Waals surface area contributed by atoms with Crippen molar-refractivity contribution in [1.82, 2.24) is 0 Å². The first kappa shape index (κ1) is 23.2. The third kappa shape index (κ3) is 5.34. The number of hydrogen-bond acceptors (Lipinski definition) is 5. The highest BCUT2D eigenvalue weighted by molar-refractivity contribution is 7.86. The maximum atomic E-state index is 11.4. The number of nitrogens with zero attached hydrogens (tertiary/aromatic N) is 2. The van der Waals surface area contributed by atoms with E-state index in [4.69, 9.17) is 20.9 Å². The van der Waals surface area contributed by atoms with Crippen molar-refractivity contribution in [2.24, 2.45) is 10.2 Å². The zero-order chi connectivity index (χ0) is 23.5. The van der Waals surface area contributed by atoms with E-state index in [1.807, 2.05) is 37.3 Å². The summed E-state index contributed by atoms with van der Waals surface area (Å²) in [5.74, 6) is 0.244. The summed E-state index contributed by atoms with van der Waals surface area (Å²) < 4.78 is 27.8. The number of rotatable bonds is 7. The Morgan fingerprint density at radius 3 is 1.97 bits per heavy atom. The fraction of sp³-hybridized carbons (Fsp3) is 0.231. The molecule has 0 amide bonds. The lowest BCUT2D eigenvalue weighted by atomic mass is 9.62. The molecule has 0 spiro atoms. The summed E-state index contributed by atoms with van der Waals surface area (Å²) in [6.45, 7) is 2.04. The van der Waals surface area contributed by atoms with Crippen LogP contribution in [0.4, 0.5) is 0 Å². The summed E-state index contributed by atoms with van der Waals surface area (Å²) >= 11 is 6.09. The number of halogens is 1. The Labute approximate surface area is 199 Å². The SMILES string of the molecule is C/C(=N\N=C(\c1ccc(Cl)cc1)c1ccc(OS(C)(=O)=O)cc1)C1(c2ccccc2)CCC1. The molecule has 33 heavy (non-hydrogen) atoms. The lowest BCUT2D eigenvalue weighted by Gasteiger charge is -2.42. The van der Waals surface area contributed by atoms with E-state index in [0.717, 1.165) is 42.4 Å². The molecule has 4 rings (SSSR count). The molecule has 170 valence electrons. The van der Waals surface area contributed by atoms with Crippen LogP contribution in [0, 0.1) is 0 Å². The van der Waals surface area contributed by atoms with Crippen molar-refractivity contribution >= 4 is 33.1 Å². The molecule has 1 fully saturated rings. The molecule has 3 aromatic carbocycles. The van der Waals surface area contributed by atoms with Gasteiger partial charge in [-0.25, -0.2) is 0 Å². The normalized spacial score (nSPS) is 16.2. The molecule has 0 aromatic heterocycles. The molecule has 0 aliphatic heterocycles. The van der Waals surface area contributed by atoms with Crippen LogP contribution in [-0.2, 0) is 15.5 Å². The van der Waals surface area contributed by atoms with Gasteiger partial charge in [-0.2, -0.15) is 13.5 Å². The van der Waals surface area contributed by atoms with Crippen molar-refractivity contribution < 1.29 is 12.6 Å². The fourth-order valence-corrected chi connectivity index (χ4v) is 4.69. The second-order valence-electron chi connectivity index (χ2n) is 8.25. The summed E-state index contributed by atoms with van der Waals surface area (Å²) in [5, 5.41) is 10.0. The zero-order valence-corrected chi connectivity index (χ0v) is 20.1. The van der Waals surface area contributed by atoms with Gasteiger partial charge in [0.15, 0.2) is 0 Å². The predicted octanol–water partition coefficient (Wildman–Crippen LogP) is 6.01. The van der Waals surface area contributed by atoms with Gasteiger partial charge in [-0.05, 0) is 61.7 Å². The molecule has 0 N–H and O–H groups in total. The quantitative estimate of drug-likeness (QED) is 0.236. The van der Waals surface area contributed by atoms with Crippen LogP contribution < -0.4 is 4.18 Å². The van der Waals surface area contributed by atoms with Gasteiger partial charge in [-0.3, -0.25) is 0 Å². The standard InChI is InChI=1S/C26H25ClN2O3S/c1-19(26(17-6-18-26)22-7-4-3-5-8-22)28-29-25(20-9-13-23(27)14-10-20)21-11-15-24(16-12-21)32-33(2,30)31/h3-5,7-16H,6,17-18H2,1-2H3/b28-19+,29-25-. The molecule has 0 heterocycles. The largest absolute Gasteiger partial charge is 0.383 e. The molecule has 0 unspecified atom stereocenters. The molecule has 3 aromatic rings. The van der Waals surface area contributed by atoms with E-state index in [9.17, 15) is 8.42 Å². The highest BCUT2D eigenvalue weighted by Gasteiger charge is 2.41. The smallest absolute Gasteiger partial charge is 0.306 e. The minimum atomic E-state index is -3.59. The molecular formula is C26H25ClN2O3S. The minimum Gasteiger partial charge on any atom is -0.383 e. The van der Waals surface area contributed by atoms with Crippen LogP contribution in [0.25, 0.3) is 0 Å². The van der Waals surface area contributed by atoms with Gasteiger partial charge in [-0.15, -0.1) is 5.10 Å². The van der Waals surface area contributed by atoms with Gasteiger partial charge in [0.1, 0.15) is 11.5 Å². The highest BCUT2D eigenvalue weighted by atomic mass is 35.5. The minimum absolute atomic E-state index is 0.0803. The monoisotopic (exact) mass is 480 g/mol. The van der Waals surface area contributed by atoms with Gasteiger partial charge >= 0.3 is 10.1 Å².